The van der Waals surface area contributed by atoms with Gasteiger partial charge in [0.05, 0.1) is 16.7 Å². The molecular weight excluding hydrogens is 909 g/mol. The highest BCUT2D eigenvalue weighted by atomic mass is 16.3. The molecule has 75 heavy (non-hydrogen) atoms. The molecule has 0 aliphatic heterocycles. The van der Waals surface area contributed by atoms with E-state index in [2.05, 4.69) is 289 Å². The van der Waals surface area contributed by atoms with Gasteiger partial charge in [0.2, 0.25) is 0 Å². The van der Waals surface area contributed by atoms with Gasteiger partial charge in [-0.25, -0.2) is 0 Å². The van der Waals surface area contributed by atoms with Gasteiger partial charge < -0.3 is 13.9 Å². The molecule has 3 heteroatoms. The van der Waals surface area contributed by atoms with Crippen LogP contribution in [0.2, 0.25) is 0 Å². The second kappa shape index (κ2) is 17.4. The Balaban J connectivity index is 0.825. The Labute approximate surface area is 434 Å². The summed E-state index contributed by atoms with van der Waals surface area (Å²) in [5.74, 6) is 0. The van der Waals surface area contributed by atoms with Crippen LogP contribution in [0.15, 0.2) is 283 Å². The Bertz CT molecular complexity index is 4640. The highest BCUT2D eigenvalue weighted by Gasteiger charge is 2.22. The lowest BCUT2D eigenvalue weighted by Crippen LogP contribution is -2.11. The van der Waals surface area contributed by atoms with Crippen LogP contribution >= 0.6 is 0 Å². The van der Waals surface area contributed by atoms with E-state index in [1.54, 1.807) is 0 Å². The van der Waals surface area contributed by atoms with Gasteiger partial charge in [-0.2, -0.15) is 0 Å². The van der Waals surface area contributed by atoms with Crippen molar-refractivity contribution in [1.82, 2.24) is 4.57 Å². The number of rotatable bonds is 8. The van der Waals surface area contributed by atoms with Crippen molar-refractivity contribution in [3.05, 3.63) is 279 Å². The number of nitrogens with zero attached hydrogens (tertiary/aromatic N) is 2. The maximum Gasteiger partial charge on any atom is 0.143 e. The van der Waals surface area contributed by atoms with Gasteiger partial charge in [0, 0.05) is 55.1 Å². The quantitative estimate of drug-likeness (QED) is 0.142. The zero-order valence-corrected chi connectivity index (χ0v) is 40.9. The molecule has 3 nitrogen and oxygen atoms in total. The van der Waals surface area contributed by atoms with Gasteiger partial charge in [-0.15, -0.1) is 0 Å². The molecule has 0 bridgehead atoms. The lowest BCUT2D eigenvalue weighted by atomic mass is 9.96. The van der Waals surface area contributed by atoms with Crippen LogP contribution in [0.1, 0.15) is 0 Å². The fraction of sp³-hybridized carbons (Fsp3) is 0. The van der Waals surface area contributed by atoms with E-state index in [1.807, 2.05) is 0 Å². The van der Waals surface area contributed by atoms with E-state index in [0.717, 1.165) is 83.3 Å². The van der Waals surface area contributed by atoms with Gasteiger partial charge in [0.15, 0.2) is 0 Å². The maximum atomic E-state index is 6.96. The van der Waals surface area contributed by atoms with E-state index in [4.69, 9.17) is 4.42 Å². The zero-order chi connectivity index (χ0) is 49.4. The van der Waals surface area contributed by atoms with E-state index in [1.165, 1.54) is 60.0 Å². The number of para-hydroxylation sites is 4. The first kappa shape index (κ1) is 42.7. The monoisotopic (exact) mass is 954 g/mol. The molecule has 15 rings (SSSR count). The van der Waals surface area contributed by atoms with E-state index in [0.29, 0.717) is 0 Å². The van der Waals surface area contributed by atoms with E-state index in [9.17, 15) is 0 Å². The second-order valence-electron chi connectivity index (χ2n) is 19.6. The van der Waals surface area contributed by atoms with E-state index < -0.39 is 0 Å². The summed E-state index contributed by atoms with van der Waals surface area (Å²) in [5, 5.41) is 12.1. The van der Waals surface area contributed by atoms with Crippen molar-refractivity contribution in [3.8, 4) is 50.2 Å². The average molecular weight is 955 g/mol. The lowest BCUT2D eigenvalue weighted by molar-refractivity contribution is 0.674. The fourth-order valence-electron chi connectivity index (χ4n) is 11.7. The minimum absolute atomic E-state index is 0.880. The second-order valence-corrected chi connectivity index (χ2v) is 19.6. The largest absolute Gasteiger partial charge is 0.455 e. The average Bonchev–Trinajstić information content (AvgIpc) is 4.05. The summed E-state index contributed by atoms with van der Waals surface area (Å²) in [6.07, 6.45) is 0. The molecule has 0 unspecified atom stereocenters. The molecule has 0 radical (unpaired) electrons. The van der Waals surface area contributed by atoms with Crippen molar-refractivity contribution in [1.29, 1.82) is 0 Å². The summed E-state index contributed by atoms with van der Waals surface area (Å²) in [5.41, 5.74) is 17.6. The normalized spacial score (nSPS) is 11.7. The zero-order valence-electron chi connectivity index (χ0n) is 40.9. The molecule has 15 aromatic rings. The Morgan fingerprint density at radius 3 is 1.41 bits per heavy atom. The van der Waals surface area contributed by atoms with Crippen LogP contribution in [0.4, 0.5) is 17.1 Å². The summed E-state index contributed by atoms with van der Waals surface area (Å²) in [6, 6.07) is 101. The molecule has 2 heterocycles. The van der Waals surface area contributed by atoms with E-state index >= 15 is 0 Å². The third-order valence-corrected chi connectivity index (χ3v) is 15.4. The van der Waals surface area contributed by atoms with Crippen LogP contribution in [0.5, 0.6) is 0 Å². The molecule has 0 fully saturated rings. The third kappa shape index (κ3) is 7.12. The van der Waals surface area contributed by atoms with Crippen molar-refractivity contribution in [3.63, 3.8) is 0 Å². The SMILES string of the molecule is c1cc(-c2ccc(N(c3ccc(-c4ccc(-c5ccc6ccc7ccccc7c6c5)cc4)cc3)c3ccccc3-c3cccc4c3oc3c5ccccc5ccc43)cc2)cc(-n2c3ccccc3c3ccccc32)c1. The molecule has 13 aromatic carbocycles. The van der Waals surface area contributed by atoms with Gasteiger partial charge in [0.1, 0.15) is 11.2 Å². The molecule has 0 atom stereocenters. The molecule has 0 saturated heterocycles. The van der Waals surface area contributed by atoms with Gasteiger partial charge in [0.25, 0.3) is 0 Å². The molecule has 0 spiro atoms. The van der Waals surface area contributed by atoms with Gasteiger partial charge in [-0.05, 0) is 127 Å². The molecule has 0 amide bonds. The molecule has 2 aromatic heterocycles. The fourth-order valence-corrected chi connectivity index (χ4v) is 11.7. The molecule has 0 aliphatic rings. The number of anilines is 3. The van der Waals surface area contributed by atoms with Crippen LogP contribution in [0, 0.1) is 0 Å². The highest BCUT2D eigenvalue weighted by molar-refractivity contribution is 6.18. The third-order valence-electron chi connectivity index (χ3n) is 15.4. The molecule has 0 saturated carbocycles. The lowest BCUT2D eigenvalue weighted by Gasteiger charge is -2.28. The van der Waals surface area contributed by atoms with Crippen molar-refractivity contribution >= 4 is 93.1 Å². The topological polar surface area (TPSA) is 21.3 Å². The number of furan rings is 1. The van der Waals surface area contributed by atoms with Gasteiger partial charge in [-0.3, -0.25) is 0 Å². The van der Waals surface area contributed by atoms with Crippen LogP contribution in [0.25, 0.3) is 126 Å². The summed E-state index contributed by atoms with van der Waals surface area (Å²) in [6.45, 7) is 0. The van der Waals surface area contributed by atoms with Crippen molar-refractivity contribution in [2.45, 2.75) is 0 Å². The first-order chi connectivity index (χ1) is 37.2. The van der Waals surface area contributed by atoms with Crippen molar-refractivity contribution in [2.24, 2.45) is 0 Å². The summed E-state index contributed by atoms with van der Waals surface area (Å²) >= 11 is 0. The summed E-state index contributed by atoms with van der Waals surface area (Å²) in [7, 11) is 0. The van der Waals surface area contributed by atoms with E-state index in [-0.39, 0.29) is 0 Å². The Kier molecular flexibility index (Phi) is 9.89. The molecule has 0 N–H and O–H groups in total. The number of aromatic nitrogens is 1. The predicted octanol–water partition coefficient (Wildman–Crippen LogP) is 20.3. The van der Waals surface area contributed by atoms with Crippen LogP contribution < -0.4 is 4.90 Å². The number of benzene rings is 13. The smallest absolute Gasteiger partial charge is 0.143 e. The standard InChI is InChI=1S/C72H46N2O/c1-3-17-59-51(13-1)31-32-53-33-34-55(46-67(53)59)49-29-27-47(28-30-49)48-35-40-56(41-36-48)73(68-24-8-7-21-63(68)64-22-12-23-65-66-44-39-52-14-2-4-18-60(52)71(66)75-72(64)65)57-42-37-50(38-43-57)54-15-11-16-58(45-54)74-69-25-9-5-19-61(69)62-20-6-10-26-70(62)74/h1-46H. The van der Waals surface area contributed by atoms with Crippen LogP contribution in [-0.4, -0.2) is 4.57 Å². The Morgan fingerprint density at radius 2 is 0.720 bits per heavy atom. The van der Waals surface area contributed by atoms with Crippen molar-refractivity contribution < 1.29 is 4.42 Å². The van der Waals surface area contributed by atoms with Crippen LogP contribution in [-0.2, 0) is 0 Å². The first-order valence-corrected chi connectivity index (χ1v) is 25.7. The molecular formula is C72H46N2O. The number of fused-ring (bicyclic) bond motifs is 11. The van der Waals surface area contributed by atoms with Gasteiger partial charge >= 0.3 is 0 Å². The Morgan fingerprint density at radius 1 is 0.267 bits per heavy atom. The number of hydrogen-bond donors (Lipinski definition) is 0. The minimum Gasteiger partial charge on any atom is -0.455 e. The minimum atomic E-state index is 0.880. The first-order valence-electron chi connectivity index (χ1n) is 25.7. The predicted molar refractivity (Wildman–Crippen MR) is 317 cm³/mol. The maximum absolute atomic E-state index is 6.96. The molecule has 350 valence electrons. The Hall–Kier alpha value is -9.96. The molecule has 0 aliphatic carbocycles. The number of hydrogen-bond acceptors (Lipinski definition) is 2. The summed E-state index contributed by atoms with van der Waals surface area (Å²) < 4.78 is 9.35. The van der Waals surface area contributed by atoms with Crippen molar-refractivity contribution in [2.75, 3.05) is 4.90 Å². The van der Waals surface area contributed by atoms with Gasteiger partial charge in [-0.1, -0.05) is 212 Å². The highest BCUT2D eigenvalue weighted by Crippen LogP contribution is 2.46. The van der Waals surface area contributed by atoms with Crippen LogP contribution in [0.3, 0.4) is 0 Å². The summed E-state index contributed by atoms with van der Waals surface area (Å²) in [4.78, 5) is 2.39.